The van der Waals surface area contributed by atoms with Gasteiger partial charge in [0.05, 0.1) is 0 Å². The van der Waals surface area contributed by atoms with E-state index in [1.165, 1.54) is 12.0 Å². The lowest BCUT2D eigenvalue weighted by Gasteiger charge is -2.35. The second kappa shape index (κ2) is 6.61. The van der Waals surface area contributed by atoms with Crippen molar-refractivity contribution in [2.75, 3.05) is 19.6 Å². The third-order valence-electron chi connectivity index (χ3n) is 4.79. The Balaban J connectivity index is 1.65. The summed E-state index contributed by atoms with van der Waals surface area (Å²) in [5.74, 6) is 1.06. The van der Waals surface area contributed by atoms with Crippen LogP contribution in [-0.2, 0) is 4.79 Å². The van der Waals surface area contributed by atoms with Gasteiger partial charge in [-0.3, -0.25) is 4.79 Å². The van der Waals surface area contributed by atoms with Crippen LogP contribution in [0.4, 0.5) is 0 Å². The molecule has 3 nitrogen and oxygen atoms in total. The summed E-state index contributed by atoms with van der Waals surface area (Å²) in [6.07, 6.45) is 4.42. The van der Waals surface area contributed by atoms with E-state index >= 15 is 0 Å². The van der Waals surface area contributed by atoms with Gasteiger partial charge in [0.15, 0.2) is 0 Å². The minimum Gasteiger partial charge on any atom is -0.338 e. The fourth-order valence-corrected chi connectivity index (χ4v) is 3.56. The molecule has 3 unspecified atom stereocenters. The van der Waals surface area contributed by atoms with Crippen LogP contribution in [0.3, 0.4) is 0 Å². The highest BCUT2D eigenvalue weighted by Gasteiger charge is 2.46. The summed E-state index contributed by atoms with van der Waals surface area (Å²) >= 11 is 0. The molecule has 114 valence electrons. The van der Waals surface area contributed by atoms with Crippen LogP contribution in [0, 0.1) is 5.92 Å². The first kappa shape index (κ1) is 14.6. The maximum Gasteiger partial charge on any atom is 0.226 e. The number of carbonyl (C=O) groups excluding carboxylic acids is 1. The SMILES string of the molecule is CCCN(C(=O)C1CC1c1ccccc1)C1CCCNC1. The third-order valence-corrected chi connectivity index (χ3v) is 4.79. The normalized spacial score (nSPS) is 28.1. The number of carbonyl (C=O) groups is 1. The Morgan fingerprint density at radius 2 is 2.14 bits per heavy atom. The quantitative estimate of drug-likeness (QED) is 0.902. The predicted octanol–water partition coefficient (Wildman–Crippen LogP) is 2.78. The molecule has 3 atom stereocenters. The molecule has 21 heavy (non-hydrogen) atoms. The van der Waals surface area contributed by atoms with Crippen LogP contribution in [-0.4, -0.2) is 36.5 Å². The second-order valence-electron chi connectivity index (χ2n) is 6.39. The van der Waals surface area contributed by atoms with E-state index in [1.807, 2.05) is 6.07 Å². The van der Waals surface area contributed by atoms with E-state index in [-0.39, 0.29) is 5.92 Å². The van der Waals surface area contributed by atoms with Gasteiger partial charge in [0.1, 0.15) is 0 Å². The monoisotopic (exact) mass is 286 g/mol. The first-order valence-electron chi connectivity index (χ1n) is 8.37. The molecule has 0 spiro atoms. The van der Waals surface area contributed by atoms with Crippen LogP contribution in [0.25, 0.3) is 0 Å². The van der Waals surface area contributed by atoms with Gasteiger partial charge in [0.25, 0.3) is 0 Å². The summed E-state index contributed by atoms with van der Waals surface area (Å²) < 4.78 is 0. The number of hydrogen-bond donors (Lipinski definition) is 1. The van der Waals surface area contributed by atoms with Crippen molar-refractivity contribution in [3.63, 3.8) is 0 Å². The van der Waals surface area contributed by atoms with Crippen LogP contribution in [0.15, 0.2) is 30.3 Å². The molecule has 3 heteroatoms. The molecule has 1 heterocycles. The van der Waals surface area contributed by atoms with Crippen LogP contribution >= 0.6 is 0 Å². The molecule has 0 radical (unpaired) electrons. The van der Waals surface area contributed by atoms with E-state index in [4.69, 9.17) is 0 Å². The van der Waals surface area contributed by atoms with Gasteiger partial charge in [0, 0.05) is 25.0 Å². The van der Waals surface area contributed by atoms with Crippen molar-refractivity contribution in [1.29, 1.82) is 0 Å². The number of piperidine rings is 1. The predicted molar refractivity (Wildman–Crippen MR) is 85.2 cm³/mol. The Hall–Kier alpha value is -1.35. The van der Waals surface area contributed by atoms with Gasteiger partial charge in [-0.05, 0) is 43.7 Å². The van der Waals surface area contributed by atoms with Crippen molar-refractivity contribution in [2.45, 2.75) is 44.6 Å². The summed E-state index contributed by atoms with van der Waals surface area (Å²) in [4.78, 5) is 15.0. The zero-order valence-electron chi connectivity index (χ0n) is 12.9. The molecule has 1 amide bonds. The van der Waals surface area contributed by atoms with Crippen molar-refractivity contribution >= 4 is 5.91 Å². The third kappa shape index (κ3) is 3.29. The molecular weight excluding hydrogens is 260 g/mol. The maximum absolute atomic E-state index is 12.9. The van der Waals surface area contributed by atoms with Crippen LogP contribution in [0.5, 0.6) is 0 Å². The largest absolute Gasteiger partial charge is 0.338 e. The van der Waals surface area contributed by atoms with Crippen LogP contribution in [0.1, 0.15) is 44.1 Å². The minimum absolute atomic E-state index is 0.223. The molecule has 0 aromatic heterocycles. The standard InChI is InChI=1S/C18H26N2O/c1-2-11-20(15-9-6-10-19-13-15)18(21)17-12-16(17)14-7-4-3-5-8-14/h3-5,7-8,15-17,19H,2,6,9-13H2,1H3. The Morgan fingerprint density at radius 3 is 2.81 bits per heavy atom. The van der Waals surface area contributed by atoms with Gasteiger partial charge in [0.2, 0.25) is 5.91 Å². The van der Waals surface area contributed by atoms with E-state index in [0.717, 1.165) is 38.9 Å². The molecule has 1 aromatic carbocycles. The highest BCUT2D eigenvalue weighted by molar-refractivity contribution is 5.83. The number of hydrogen-bond acceptors (Lipinski definition) is 2. The smallest absolute Gasteiger partial charge is 0.226 e. The number of nitrogens with zero attached hydrogens (tertiary/aromatic N) is 1. The molecule has 1 saturated heterocycles. The Kier molecular flexibility index (Phi) is 4.59. The molecule has 3 rings (SSSR count). The first-order chi connectivity index (χ1) is 10.3. The van der Waals surface area contributed by atoms with Gasteiger partial charge >= 0.3 is 0 Å². The summed E-state index contributed by atoms with van der Waals surface area (Å²) in [5.41, 5.74) is 1.33. The van der Waals surface area contributed by atoms with Gasteiger partial charge in [-0.1, -0.05) is 37.3 Å². The Labute approximate surface area is 127 Å². The molecule has 1 N–H and O–H groups in total. The summed E-state index contributed by atoms with van der Waals surface area (Å²) in [6.45, 7) is 5.14. The fraction of sp³-hybridized carbons (Fsp3) is 0.611. The molecule has 2 aliphatic rings. The summed E-state index contributed by atoms with van der Waals surface area (Å²) in [6, 6.07) is 10.9. The fourth-order valence-electron chi connectivity index (χ4n) is 3.56. The Morgan fingerprint density at radius 1 is 1.33 bits per heavy atom. The van der Waals surface area contributed by atoms with Gasteiger partial charge < -0.3 is 10.2 Å². The van der Waals surface area contributed by atoms with Gasteiger partial charge in [-0.2, -0.15) is 0 Å². The highest BCUT2D eigenvalue weighted by Crippen LogP contribution is 2.48. The van der Waals surface area contributed by atoms with E-state index in [9.17, 15) is 4.79 Å². The number of rotatable bonds is 5. The molecule has 1 aromatic rings. The number of benzene rings is 1. The highest BCUT2D eigenvalue weighted by atomic mass is 16.2. The number of amides is 1. The van der Waals surface area contributed by atoms with E-state index in [2.05, 4.69) is 41.4 Å². The molecule has 0 bridgehead atoms. The second-order valence-corrected chi connectivity index (χ2v) is 6.39. The average molecular weight is 286 g/mol. The van der Waals surface area contributed by atoms with Crippen molar-refractivity contribution in [3.05, 3.63) is 35.9 Å². The lowest BCUT2D eigenvalue weighted by atomic mass is 10.0. The topological polar surface area (TPSA) is 32.3 Å². The summed E-state index contributed by atoms with van der Waals surface area (Å²) in [7, 11) is 0. The van der Waals surface area contributed by atoms with Crippen molar-refractivity contribution in [2.24, 2.45) is 5.92 Å². The van der Waals surface area contributed by atoms with Gasteiger partial charge in [-0.15, -0.1) is 0 Å². The summed E-state index contributed by atoms with van der Waals surface area (Å²) in [5, 5.41) is 3.44. The molecule has 1 aliphatic carbocycles. The van der Waals surface area contributed by atoms with E-state index < -0.39 is 0 Å². The lowest BCUT2D eigenvalue weighted by molar-refractivity contribution is -0.135. The van der Waals surface area contributed by atoms with E-state index in [1.54, 1.807) is 0 Å². The van der Waals surface area contributed by atoms with Crippen LogP contribution < -0.4 is 5.32 Å². The molecular formula is C18H26N2O. The van der Waals surface area contributed by atoms with Crippen molar-refractivity contribution in [1.82, 2.24) is 10.2 Å². The zero-order valence-corrected chi connectivity index (χ0v) is 12.9. The average Bonchev–Trinajstić information content (AvgIpc) is 3.34. The molecule has 1 aliphatic heterocycles. The first-order valence-corrected chi connectivity index (χ1v) is 8.37. The lowest BCUT2D eigenvalue weighted by Crippen LogP contribution is -2.49. The zero-order chi connectivity index (χ0) is 14.7. The maximum atomic E-state index is 12.9. The van der Waals surface area contributed by atoms with Gasteiger partial charge in [-0.25, -0.2) is 0 Å². The van der Waals surface area contributed by atoms with E-state index in [0.29, 0.717) is 17.9 Å². The minimum atomic E-state index is 0.223. The van der Waals surface area contributed by atoms with Crippen molar-refractivity contribution in [3.8, 4) is 0 Å². The van der Waals surface area contributed by atoms with Crippen LogP contribution in [0.2, 0.25) is 0 Å². The molecule has 1 saturated carbocycles. The van der Waals surface area contributed by atoms with Crippen molar-refractivity contribution < 1.29 is 4.79 Å². The Bertz CT molecular complexity index is 467. The number of nitrogens with one attached hydrogen (secondary N) is 1. The molecule has 2 fully saturated rings.